The van der Waals surface area contributed by atoms with Crippen LogP contribution < -0.4 is 5.32 Å². The average molecular weight is 234 g/mol. The van der Waals surface area contributed by atoms with Crippen molar-refractivity contribution in [3.8, 4) is 0 Å². The third kappa shape index (κ3) is 2.26. The summed E-state index contributed by atoms with van der Waals surface area (Å²) in [4.78, 5) is 13.4. The summed E-state index contributed by atoms with van der Waals surface area (Å²) in [5.41, 5.74) is 2.14. The zero-order valence-corrected chi connectivity index (χ0v) is 10.2. The molecule has 0 radical (unpaired) electrons. The Hall–Kier alpha value is -1.55. The number of hydrogen-bond acceptors (Lipinski definition) is 2. The van der Waals surface area contributed by atoms with Gasteiger partial charge in [0.2, 0.25) is 0 Å². The van der Waals surface area contributed by atoms with Crippen LogP contribution in [0.3, 0.4) is 0 Å². The smallest absolute Gasteiger partial charge is 0.317 e. The fraction of sp³-hybridized carbons (Fsp3) is 0.462. The lowest BCUT2D eigenvalue weighted by Crippen LogP contribution is -2.41. The summed E-state index contributed by atoms with van der Waals surface area (Å²) in [6, 6.07) is 7.41. The minimum absolute atomic E-state index is 0.145. The lowest BCUT2D eigenvalue weighted by molar-refractivity contribution is 0.136. The van der Waals surface area contributed by atoms with E-state index in [0.29, 0.717) is 13.0 Å². The molecule has 0 aliphatic heterocycles. The van der Waals surface area contributed by atoms with Gasteiger partial charge >= 0.3 is 6.03 Å². The first-order valence-electron chi connectivity index (χ1n) is 5.91. The van der Waals surface area contributed by atoms with Gasteiger partial charge in [-0.1, -0.05) is 24.3 Å². The fourth-order valence-electron chi connectivity index (χ4n) is 2.13. The lowest BCUT2D eigenvalue weighted by atomic mass is 10.1. The van der Waals surface area contributed by atoms with Crippen molar-refractivity contribution in [3.63, 3.8) is 0 Å². The van der Waals surface area contributed by atoms with Crippen molar-refractivity contribution < 1.29 is 9.90 Å². The summed E-state index contributed by atoms with van der Waals surface area (Å²) in [6.07, 6.45) is 0.0818. The molecule has 2 rings (SSSR count). The van der Waals surface area contributed by atoms with E-state index < -0.39 is 6.10 Å². The lowest BCUT2D eigenvalue weighted by Gasteiger charge is -2.22. The van der Waals surface area contributed by atoms with E-state index in [2.05, 4.69) is 5.32 Å². The largest absolute Gasteiger partial charge is 0.390 e. The predicted molar refractivity (Wildman–Crippen MR) is 65.7 cm³/mol. The second kappa shape index (κ2) is 4.75. The summed E-state index contributed by atoms with van der Waals surface area (Å²) in [6.45, 7) is 2.56. The first-order chi connectivity index (χ1) is 8.13. The molecule has 1 aromatic carbocycles. The average Bonchev–Trinajstić information content (AvgIpc) is 2.65. The Bertz CT molecular complexity index is 420. The quantitative estimate of drug-likeness (QED) is 0.810. The highest BCUT2D eigenvalue weighted by Gasteiger charge is 2.32. The molecule has 92 valence electrons. The highest BCUT2D eigenvalue weighted by molar-refractivity contribution is 5.74. The molecule has 0 bridgehead atoms. The van der Waals surface area contributed by atoms with Gasteiger partial charge in [0.25, 0.3) is 0 Å². The van der Waals surface area contributed by atoms with Crippen LogP contribution in [0, 0.1) is 0 Å². The maximum absolute atomic E-state index is 11.8. The van der Waals surface area contributed by atoms with Crippen molar-refractivity contribution in [2.24, 2.45) is 0 Å². The Morgan fingerprint density at radius 3 is 2.94 bits per heavy atom. The van der Waals surface area contributed by atoms with Gasteiger partial charge in [-0.15, -0.1) is 0 Å². The van der Waals surface area contributed by atoms with Gasteiger partial charge in [0.05, 0.1) is 12.1 Å². The molecule has 0 spiro atoms. The predicted octanol–water partition coefficient (Wildman–Crippen LogP) is 1.31. The summed E-state index contributed by atoms with van der Waals surface area (Å²) in [7, 11) is 1.74. The number of amides is 2. The molecule has 4 heteroatoms. The fourth-order valence-corrected chi connectivity index (χ4v) is 2.13. The number of urea groups is 1. The van der Waals surface area contributed by atoms with Crippen LogP contribution in [0.15, 0.2) is 24.3 Å². The molecular weight excluding hydrogens is 216 g/mol. The van der Waals surface area contributed by atoms with E-state index >= 15 is 0 Å². The second-order valence-corrected chi connectivity index (χ2v) is 4.41. The molecule has 4 nitrogen and oxygen atoms in total. The van der Waals surface area contributed by atoms with Crippen LogP contribution in [0.4, 0.5) is 4.79 Å². The van der Waals surface area contributed by atoms with Gasteiger partial charge in [-0.3, -0.25) is 0 Å². The molecule has 1 aromatic rings. The highest BCUT2D eigenvalue weighted by atomic mass is 16.3. The minimum Gasteiger partial charge on any atom is -0.390 e. The van der Waals surface area contributed by atoms with E-state index in [4.69, 9.17) is 0 Å². The number of fused-ring (bicyclic) bond motifs is 1. The second-order valence-electron chi connectivity index (χ2n) is 4.41. The molecular formula is C13H18N2O2. The van der Waals surface area contributed by atoms with Crippen LogP contribution in [-0.2, 0) is 6.42 Å². The molecule has 1 aliphatic rings. The molecule has 2 N–H and O–H groups in total. The minimum atomic E-state index is -0.526. The number of carbonyl (C=O) groups excluding carboxylic acids is 1. The maximum Gasteiger partial charge on any atom is 0.317 e. The van der Waals surface area contributed by atoms with Gasteiger partial charge < -0.3 is 15.3 Å². The molecule has 0 aromatic heterocycles. The van der Waals surface area contributed by atoms with E-state index in [9.17, 15) is 9.90 Å². The molecule has 0 unspecified atom stereocenters. The Morgan fingerprint density at radius 1 is 1.53 bits per heavy atom. The molecule has 0 saturated heterocycles. The van der Waals surface area contributed by atoms with E-state index in [1.54, 1.807) is 11.9 Å². The van der Waals surface area contributed by atoms with Crippen molar-refractivity contribution in [1.29, 1.82) is 0 Å². The van der Waals surface area contributed by atoms with Crippen molar-refractivity contribution >= 4 is 6.03 Å². The van der Waals surface area contributed by atoms with Gasteiger partial charge in [0.15, 0.2) is 0 Å². The molecule has 2 atom stereocenters. The summed E-state index contributed by atoms with van der Waals surface area (Å²) >= 11 is 0. The van der Waals surface area contributed by atoms with Gasteiger partial charge in [0, 0.05) is 20.0 Å². The van der Waals surface area contributed by atoms with Crippen molar-refractivity contribution in [3.05, 3.63) is 35.4 Å². The Kier molecular flexibility index (Phi) is 3.33. The monoisotopic (exact) mass is 234 g/mol. The Labute approximate surface area is 101 Å². The van der Waals surface area contributed by atoms with E-state index in [-0.39, 0.29) is 12.1 Å². The number of hydrogen-bond donors (Lipinski definition) is 2. The van der Waals surface area contributed by atoms with E-state index in [1.165, 1.54) is 0 Å². The number of aliphatic hydroxyl groups is 1. The summed E-state index contributed by atoms with van der Waals surface area (Å²) in [5, 5.41) is 12.9. The zero-order valence-electron chi connectivity index (χ0n) is 10.2. The first kappa shape index (κ1) is 11.9. The topological polar surface area (TPSA) is 52.6 Å². The van der Waals surface area contributed by atoms with Gasteiger partial charge in [-0.2, -0.15) is 0 Å². The molecule has 0 heterocycles. The van der Waals surface area contributed by atoms with Crippen LogP contribution in [0.5, 0.6) is 0 Å². The number of aliphatic hydroxyl groups excluding tert-OH is 1. The molecule has 0 fully saturated rings. The first-order valence-corrected chi connectivity index (χ1v) is 5.91. The Morgan fingerprint density at radius 2 is 2.24 bits per heavy atom. The van der Waals surface area contributed by atoms with Gasteiger partial charge in [-0.25, -0.2) is 4.79 Å². The number of rotatable bonds is 2. The van der Waals surface area contributed by atoms with Gasteiger partial charge in [0.1, 0.15) is 0 Å². The number of nitrogens with one attached hydrogen (secondary N) is 1. The zero-order chi connectivity index (χ0) is 12.4. The highest BCUT2D eigenvalue weighted by Crippen LogP contribution is 2.31. The van der Waals surface area contributed by atoms with Crippen LogP contribution in [0.1, 0.15) is 24.1 Å². The third-order valence-corrected chi connectivity index (χ3v) is 3.30. The van der Waals surface area contributed by atoms with Crippen LogP contribution in [-0.4, -0.2) is 35.7 Å². The summed E-state index contributed by atoms with van der Waals surface area (Å²) < 4.78 is 0. The Balaban J connectivity index is 2.14. The normalized spacial score (nSPS) is 22.1. The van der Waals surface area contributed by atoms with Crippen LogP contribution in [0.25, 0.3) is 0 Å². The maximum atomic E-state index is 11.8. The SMILES string of the molecule is CCN(C)C(=O)N[C@@H]1c2ccccc2C[C@@H]1O. The molecule has 17 heavy (non-hydrogen) atoms. The van der Waals surface area contributed by atoms with E-state index in [1.807, 2.05) is 31.2 Å². The van der Waals surface area contributed by atoms with Crippen molar-refractivity contribution in [2.75, 3.05) is 13.6 Å². The number of nitrogens with zero attached hydrogens (tertiary/aromatic N) is 1. The van der Waals surface area contributed by atoms with Crippen molar-refractivity contribution in [2.45, 2.75) is 25.5 Å². The van der Waals surface area contributed by atoms with Crippen LogP contribution >= 0.6 is 0 Å². The summed E-state index contributed by atoms with van der Waals surface area (Å²) in [5.74, 6) is 0. The van der Waals surface area contributed by atoms with Crippen molar-refractivity contribution in [1.82, 2.24) is 10.2 Å². The third-order valence-electron chi connectivity index (χ3n) is 3.30. The molecule has 0 saturated carbocycles. The number of benzene rings is 1. The van der Waals surface area contributed by atoms with Gasteiger partial charge in [-0.05, 0) is 18.1 Å². The number of carbonyl (C=O) groups is 1. The molecule has 2 amide bonds. The van der Waals surface area contributed by atoms with Crippen LogP contribution in [0.2, 0.25) is 0 Å². The molecule has 1 aliphatic carbocycles. The standard InChI is InChI=1S/C13H18N2O2/c1-3-15(2)13(17)14-12-10-7-5-4-6-9(10)8-11(12)16/h4-7,11-12,16H,3,8H2,1-2H3,(H,14,17)/t11-,12+/m0/s1. The van der Waals surface area contributed by atoms with E-state index in [0.717, 1.165) is 11.1 Å².